The second kappa shape index (κ2) is 8.59. The Morgan fingerprint density at radius 3 is 2.77 bits per heavy atom. The Labute approximate surface area is 179 Å². The summed E-state index contributed by atoms with van der Waals surface area (Å²) in [5, 5.41) is 7.84. The maximum absolute atomic E-state index is 12.8. The van der Waals surface area contributed by atoms with Crippen LogP contribution in [-0.4, -0.2) is 35.2 Å². The highest BCUT2D eigenvalue weighted by molar-refractivity contribution is 6.30. The van der Waals surface area contributed by atoms with Gasteiger partial charge in [-0.3, -0.25) is 9.59 Å². The average Bonchev–Trinajstić information content (AvgIpc) is 3.34. The number of benzene rings is 2. The van der Waals surface area contributed by atoms with Crippen molar-refractivity contribution in [2.75, 3.05) is 23.9 Å². The number of nitrogens with zero attached hydrogens (tertiary/aromatic N) is 3. The fourth-order valence-corrected chi connectivity index (χ4v) is 3.71. The van der Waals surface area contributed by atoms with E-state index in [0.29, 0.717) is 29.7 Å². The number of hydrogen-bond donors (Lipinski definition) is 1. The van der Waals surface area contributed by atoms with Crippen molar-refractivity contribution in [3.63, 3.8) is 0 Å². The van der Waals surface area contributed by atoms with Gasteiger partial charge in [0.2, 0.25) is 11.8 Å². The monoisotopic (exact) mass is 424 g/mol. The molecule has 2 heterocycles. The van der Waals surface area contributed by atoms with Crippen LogP contribution in [0.15, 0.2) is 60.8 Å². The Kier molecular flexibility index (Phi) is 5.72. The van der Waals surface area contributed by atoms with E-state index in [1.54, 1.807) is 41.1 Å². The first-order valence-corrected chi connectivity index (χ1v) is 9.93. The third-order valence-electron chi connectivity index (χ3n) is 5.07. The van der Waals surface area contributed by atoms with Crippen LogP contribution in [0.1, 0.15) is 12.0 Å². The molecule has 0 aliphatic carbocycles. The molecule has 0 unspecified atom stereocenters. The zero-order valence-corrected chi connectivity index (χ0v) is 17.2. The molecule has 7 nitrogen and oxygen atoms in total. The highest BCUT2D eigenvalue weighted by Gasteiger charge is 2.35. The zero-order chi connectivity index (χ0) is 21.1. The number of carbonyl (C=O) groups excluding carboxylic acids is 2. The van der Waals surface area contributed by atoms with E-state index in [4.69, 9.17) is 16.3 Å². The smallest absolute Gasteiger partial charge is 0.230 e. The summed E-state index contributed by atoms with van der Waals surface area (Å²) in [5.41, 5.74) is 1.73. The average molecular weight is 425 g/mol. The molecular weight excluding hydrogens is 404 g/mol. The highest BCUT2D eigenvalue weighted by Crippen LogP contribution is 2.27. The molecular formula is C22H21ClN4O3. The van der Waals surface area contributed by atoms with E-state index in [1.165, 1.54) is 0 Å². The van der Waals surface area contributed by atoms with Gasteiger partial charge >= 0.3 is 0 Å². The van der Waals surface area contributed by atoms with Gasteiger partial charge in [-0.05, 0) is 42.0 Å². The SMILES string of the molecule is COc1ccc(N2C[C@H](C(=O)Nc3ccnn3Cc3cccc(Cl)c3)CC2=O)cc1. The normalized spacial score (nSPS) is 16.0. The number of ether oxygens (including phenoxy) is 1. The van der Waals surface area contributed by atoms with E-state index < -0.39 is 5.92 Å². The first-order valence-electron chi connectivity index (χ1n) is 9.55. The number of carbonyl (C=O) groups is 2. The second-order valence-electron chi connectivity index (χ2n) is 7.10. The number of methoxy groups -OCH3 is 1. The minimum Gasteiger partial charge on any atom is -0.497 e. The molecule has 1 aliphatic heterocycles. The number of nitrogens with one attached hydrogen (secondary N) is 1. The lowest BCUT2D eigenvalue weighted by Gasteiger charge is -2.17. The fourth-order valence-electron chi connectivity index (χ4n) is 3.50. The Morgan fingerprint density at radius 2 is 2.03 bits per heavy atom. The molecule has 0 spiro atoms. The van der Waals surface area contributed by atoms with Crippen molar-refractivity contribution in [3.05, 3.63) is 71.4 Å². The molecule has 0 bridgehead atoms. The molecule has 3 aromatic rings. The molecule has 1 atom stereocenters. The van der Waals surface area contributed by atoms with Gasteiger partial charge in [0.05, 0.1) is 25.8 Å². The predicted octanol–water partition coefficient (Wildman–Crippen LogP) is 3.59. The molecule has 30 heavy (non-hydrogen) atoms. The van der Waals surface area contributed by atoms with Gasteiger partial charge in [0, 0.05) is 29.7 Å². The highest BCUT2D eigenvalue weighted by atomic mass is 35.5. The molecule has 1 saturated heterocycles. The van der Waals surface area contributed by atoms with E-state index in [9.17, 15) is 9.59 Å². The van der Waals surface area contributed by atoms with Crippen LogP contribution in [0, 0.1) is 5.92 Å². The van der Waals surface area contributed by atoms with Crippen LogP contribution in [0.5, 0.6) is 5.75 Å². The minimum atomic E-state index is -0.436. The van der Waals surface area contributed by atoms with E-state index in [0.717, 1.165) is 11.3 Å². The van der Waals surface area contributed by atoms with Gasteiger partial charge in [0.25, 0.3) is 0 Å². The number of rotatable bonds is 6. The van der Waals surface area contributed by atoms with Gasteiger partial charge in [-0.25, -0.2) is 4.68 Å². The van der Waals surface area contributed by atoms with Crippen LogP contribution < -0.4 is 15.0 Å². The molecule has 1 aliphatic rings. The van der Waals surface area contributed by atoms with Gasteiger partial charge < -0.3 is 15.0 Å². The summed E-state index contributed by atoms with van der Waals surface area (Å²) in [6.07, 6.45) is 1.80. The minimum absolute atomic E-state index is 0.0762. The fraction of sp³-hybridized carbons (Fsp3) is 0.227. The standard InChI is InChI=1S/C22H21ClN4O3/c1-30-19-7-5-18(6-8-19)26-14-16(12-21(26)28)22(29)25-20-9-10-24-27(20)13-15-3-2-4-17(23)11-15/h2-11,16H,12-14H2,1H3,(H,25,29)/t16-/m1/s1. The topological polar surface area (TPSA) is 76.5 Å². The van der Waals surface area contributed by atoms with Crippen LogP contribution in [0.25, 0.3) is 0 Å². The summed E-state index contributed by atoms with van der Waals surface area (Å²) < 4.78 is 6.85. The molecule has 0 saturated carbocycles. The van der Waals surface area contributed by atoms with Gasteiger partial charge in [0.15, 0.2) is 0 Å². The zero-order valence-electron chi connectivity index (χ0n) is 16.4. The van der Waals surface area contributed by atoms with Crippen LogP contribution in [0.4, 0.5) is 11.5 Å². The maximum Gasteiger partial charge on any atom is 0.230 e. The van der Waals surface area contributed by atoms with Crippen molar-refractivity contribution in [1.82, 2.24) is 9.78 Å². The maximum atomic E-state index is 12.8. The van der Waals surface area contributed by atoms with Gasteiger partial charge in [0.1, 0.15) is 11.6 Å². The summed E-state index contributed by atoms with van der Waals surface area (Å²) in [5.74, 6) is 0.581. The van der Waals surface area contributed by atoms with Crippen molar-refractivity contribution >= 4 is 34.9 Å². The Morgan fingerprint density at radius 1 is 1.23 bits per heavy atom. The number of anilines is 2. The van der Waals surface area contributed by atoms with Crippen molar-refractivity contribution < 1.29 is 14.3 Å². The molecule has 1 N–H and O–H groups in total. The van der Waals surface area contributed by atoms with Gasteiger partial charge in [-0.1, -0.05) is 23.7 Å². The largest absolute Gasteiger partial charge is 0.497 e. The Balaban J connectivity index is 1.42. The molecule has 0 radical (unpaired) electrons. The number of halogens is 1. The third-order valence-corrected chi connectivity index (χ3v) is 5.30. The summed E-state index contributed by atoms with van der Waals surface area (Å²) in [6.45, 7) is 0.810. The molecule has 2 aromatic carbocycles. The third kappa shape index (κ3) is 4.31. The first kappa shape index (κ1) is 20.0. The van der Waals surface area contributed by atoms with E-state index in [-0.39, 0.29) is 18.2 Å². The summed E-state index contributed by atoms with van der Waals surface area (Å²) in [4.78, 5) is 26.9. The number of amides is 2. The van der Waals surface area contributed by atoms with Crippen molar-refractivity contribution in [2.45, 2.75) is 13.0 Å². The van der Waals surface area contributed by atoms with Crippen LogP contribution >= 0.6 is 11.6 Å². The Hall–Kier alpha value is -3.32. The van der Waals surface area contributed by atoms with Crippen molar-refractivity contribution in [2.24, 2.45) is 5.92 Å². The van der Waals surface area contributed by atoms with Crippen LogP contribution in [0.2, 0.25) is 5.02 Å². The van der Waals surface area contributed by atoms with Gasteiger partial charge in [-0.15, -0.1) is 0 Å². The van der Waals surface area contributed by atoms with E-state index >= 15 is 0 Å². The number of hydrogen-bond acceptors (Lipinski definition) is 4. The second-order valence-corrected chi connectivity index (χ2v) is 7.53. The molecule has 2 amide bonds. The van der Waals surface area contributed by atoms with Crippen LogP contribution in [-0.2, 0) is 16.1 Å². The molecule has 154 valence electrons. The quantitative estimate of drug-likeness (QED) is 0.656. The predicted molar refractivity (Wildman–Crippen MR) is 115 cm³/mol. The van der Waals surface area contributed by atoms with Crippen LogP contribution in [0.3, 0.4) is 0 Å². The molecule has 1 aromatic heterocycles. The summed E-state index contributed by atoms with van der Waals surface area (Å²) >= 11 is 6.05. The van der Waals surface area contributed by atoms with E-state index in [1.807, 2.05) is 36.4 Å². The summed E-state index contributed by atoms with van der Waals surface area (Å²) in [6, 6.07) is 16.4. The van der Waals surface area contributed by atoms with E-state index in [2.05, 4.69) is 10.4 Å². The first-order chi connectivity index (χ1) is 14.5. The summed E-state index contributed by atoms with van der Waals surface area (Å²) in [7, 11) is 1.59. The molecule has 1 fully saturated rings. The lowest BCUT2D eigenvalue weighted by atomic mass is 10.1. The lowest BCUT2D eigenvalue weighted by molar-refractivity contribution is -0.122. The molecule has 8 heteroatoms. The van der Waals surface area contributed by atoms with Crippen molar-refractivity contribution in [1.29, 1.82) is 0 Å². The Bertz CT molecular complexity index is 1060. The van der Waals surface area contributed by atoms with Crippen molar-refractivity contribution in [3.8, 4) is 5.75 Å². The number of aromatic nitrogens is 2. The lowest BCUT2D eigenvalue weighted by Crippen LogP contribution is -2.28. The molecule has 4 rings (SSSR count). The van der Waals surface area contributed by atoms with Gasteiger partial charge in [-0.2, -0.15) is 5.10 Å².